The first-order valence-corrected chi connectivity index (χ1v) is 7.02. The molecule has 5 heteroatoms. The Kier molecular flexibility index (Phi) is 4.97. The zero-order valence-corrected chi connectivity index (χ0v) is 11.1. The molecule has 18 heavy (non-hydrogen) atoms. The molecule has 1 aliphatic carbocycles. The summed E-state index contributed by atoms with van der Waals surface area (Å²) >= 11 is 0. The van der Waals surface area contributed by atoms with Crippen LogP contribution in [0.5, 0.6) is 0 Å². The van der Waals surface area contributed by atoms with Crippen molar-refractivity contribution in [3.8, 4) is 0 Å². The lowest BCUT2D eigenvalue weighted by Crippen LogP contribution is -2.48. The Balaban J connectivity index is 1.79. The Morgan fingerprint density at radius 1 is 1.50 bits per heavy atom. The minimum atomic E-state index is -0.743. The highest BCUT2D eigenvalue weighted by molar-refractivity contribution is 5.73. The van der Waals surface area contributed by atoms with E-state index in [1.54, 1.807) is 0 Å². The third-order valence-corrected chi connectivity index (χ3v) is 3.69. The Hall–Kier alpha value is -0.650. The van der Waals surface area contributed by atoms with Crippen LogP contribution in [-0.2, 0) is 9.53 Å². The smallest absolute Gasteiger partial charge is 0.322 e. The molecule has 0 bridgehead atoms. The molecule has 1 saturated heterocycles. The lowest BCUT2D eigenvalue weighted by Gasteiger charge is -2.27. The molecular formula is C13H24N2O3. The van der Waals surface area contributed by atoms with Gasteiger partial charge in [-0.15, -0.1) is 0 Å². The molecule has 2 fully saturated rings. The van der Waals surface area contributed by atoms with Crippen molar-refractivity contribution in [2.24, 2.45) is 0 Å². The number of likely N-dealkylation sites (N-methyl/N-ethyl adjacent to an activating group) is 1. The molecule has 2 unspecified atom stereocenters. The number of hydrogen-bond acceptors (Lipinski definition) is 4. The summed E-state index contributed by atoms with van der Waals surface area (Å²) in [7, 11) is 0. The first kappa shape index (κ1) is 13.8. The van der Waals surface area contributed by atoms with Gasteiger partial charge in [0.05, 0.1) is 6.10 Å². The first-order valence-electron chi connectivity index (χ1n) is 7.02. The van der Waals surface area contributed by atoms with Gasteiger partial charge in [-0.05, 0) is 32.2 Å². The van der Waals surface area contributed by atoms with E-state index in [2.05, 4.69) is 17.1 Å². The second-order valence-electron chi connectivity index (χ2n) is 5.32. The highest BCUT2D eigenvalue weighted by atomic mass is 16.5. The SMILES string of the molecule is CCN(CC1CCCO1)CC(NC1CC1)C(=O)O. The van der Waals surface area contributed by atoms with Crippen LogP contribution in [0.25, 0.3) is 0 Å². The predicted octanol–water partition coefficient (Wildman–Crippen LogP) is 0.693. The molecule has 2 N–H and O–H groups in total. The number of ether oxygens (including phenoxy) is 1. The molecule has 2 atom stereocenters. The first-order chi connectivity index (χ1) is 8.69. The van der Waals surface area contributed by atoms with Crippen molar-refractivity contribution in [1.29, 1.82) is 0 Å². The topological polar surface area (TPSA) is 61.8 Å². The largest absolute Gasteiger partial charge is 0.480 e. The van der Waals surface area contributed by atoms with Gasteiger partial charge >= 0.3 is 5.97 Å². The van der Waals surface area contributed by atoms with Crippen LogP contribution >= 0.6 is 0 Å². The molecule has 0 aromatic carbocycles. The molecule has 104 valence electrons. The molecule has 0 aromatic rings. The van der Waals surface area contributed by atoms with Gasteiger partial charge in [0, 0.05) is 25.7 Å². The van der Waals surface area contributed by atoms with E-state index in [0.29, 0.717) is 18.7 Å². The van der Waals surface area contributed by atoms with Crippen molar-refractivity contribution in [2.75, 3.05) is 26.2 Å². The summed E-state index contributed by atoms with van der Waals surface area (Å²) in [5, 5.41) is 12.4. The standard InChI is InChI=1S/C13H24N2O3/c1-2-15(8-11-4-3-7-18-11)9-12(13(16)17)14-10-5-6-10/h10-12,14H,2-9H2,1H3,(H,16,17). The van der Waals surface area contributed by atoms with E-state index in [-0.39, 0.29) is 0 Å². The average Bonchev–Trinajstić information content (AvgIpc) is 3.01. The number of aliphatic carboxylic acids is 1. The average molecular weight is 256 g/mol. The molecule has 2 rings (SSSR count). The molecule has 0 spiro atoms. The highest BCUT2D eigenvalue weighted by Crippen LogP contribution is 2.20. The molecule has 0 radical (unpaired) electrons. The van der Waals surface area contributed by atoms with Gasteiger partial charge in [0.15, 0.2) is 0 Å². The Morgan fingerprint density at radius 2 is 2.28 bits per heavy atom. The van der Waals surface area contributed by atoms with Gasteiger partial charge in [-0.3, -0.25) is 9.69 Å². The highest BCUT2D eigenvalue weighted by Gasteiger charge is 2.30. The van der Waals surface area contributed by atoms with Crippen LogP contribution in [0.3, 0.4) is 0 Å². The molecule has 1 heterocycles. The molecule has 0 amide bonds. The maximum absolute atomic E-state index is 11.2. The summed E-state index contributed by atoms with van der Waals surface area (Å²) in [4.78, 5) is 13.4. The lowest BCUT2D eigenvalue weighted by atomic mass is 10.2. The zero-order valence-electron chi connectivity index (χ0n) is 11.1. The number of nitrogens with zero attached hydrogens (tertiary/aromatic N) is 1. The zero-order chi connectivity index (χ0) is 13.0. The minimum absolute atomic E-state index is 0.292. The summed E-state index contributed by atoms with van der Waals surface area (Å²) in [6, 6.07) is -0.0219. The van der Waals surface area contributed by atoms with Crippen molar-refractivity contribution >= 4 is 5.97 Å². The van der Waals surface area contributed by atoms with E-state index >= 15 is 0 Å². The van der Waals surface area contributed by atoms with Crippen LogP contribution in [0.15, 0.2) is 0 Å². The van der Waals surface area contributed by atoms with Crippen molar-refractivity contribution < 1.29 is 14.6 Å². The van der Waals surface area contributed by atoms with Gasteiger partial charge in [-0.1, -0.05) is 6.92 Å². The number of rotatable bonds is 8. The Morgan fingerprint density at radius 3 is 2.78 bits per heavy atom. The third kappa shape index (κ3) is 4.23. The van der Waals surface area contributed by atoms with E-state index in [4.69, 9.17) is 4.74 Å². The summed E-state index contributed by atoms with van der Waals surface area (Å²) < 4.78 is 5.61. The normalized spacial score (nSPS) is 25.6. The number of carboxylic acid groups (broad SMARTS) is 1. The fraction of sp³-hybridized carbons (Fsp3) is 0.923. The number of carbonyl (C=O) groups is 1. The van der Waals surface area contributed by atoms with Gasteiger partial charge < -0.3 is 15.2 Å². The van der Waals surface area contributed by atoms with Crippen molar-refractivity contribution in [1.82, 2.24) is 10.2 Å². The van der Waals surface area contributed by atoms with E-state index in [9.17, 15) is 9.90 Å². The van der Waals surface area contributed by atoms with E-state index < -0.39 is 12.0 Å². The monoisotopic (exact) mass is 256 g/mol. The van der Waals surface area contributed by atoms with Crippen molar-refractivity contribution in [2.45, 2.75) is 50.8 Å². The van der Waals surface area contributed by atoms with E-state index in [1.807, 2.05) is 0 Å². The minimum Gasteiger partial charge on any atom is -0.480 e. The summed E-state index contributed by atoms with van der Waals surface area (Å²) in [5.41, 5.74) is 0. The van der Waals surface area contributed by atoms with Crippen molar-refractivity contribution in [3.05, 3.63) is 0 Å². The van der Waals surface area contributed by atoms with Crippen LogP contribution in [-0.4, -0.2) is 60.4 Å². The predicted molar refractivity (Wildman–Crippen MR) is 68.7 cm³/mol. The van der Waals surface area contributed by atoms with Crippen LogP contribution < -0.4 is 5.32 Å². The number of nitrogens with one attached hydrogen (secondary N) is 1. The van der Waals surface area contributed by atoms with Gasteiger partial charge in [0.25, 0.3) is 0 Å². The van der Waals surface area contributed by atoms with Gasteiger partial charge in [-0.2, -0.15) is 0 Å². The van der Waals surface area contributed by atoms with Gasteiger partial charge in [0.2, 0.25) is 0 Å². The number of carboxylic acids is 1. The van der Waals surface area contributed by atoms with E-state index in [0.717, 1.165) is 45.4 Å². The third-order valence-electron chi connectivity index (χ3n) is 3.69. The number of hydrogen-bond donors (Lipinski definition) is 2. The van der Waals surface area contributed by atoms with Crippen molar-refractivity contribution in [3.63, 3.8) is 0 Å². The van der Waals surface area contributed by atoms with E-state index in [1.165, 1.54) is 0 Å². The van der Waals surface area contributed by atoms with Gasteiger partial charge in [0.1, 0.15) is 6.04 Å². The Bertz CT molecular complexity index is 275. The van der Waals surface area contributed by atoms with Crippen LogP contribution in [0.2, 0.25) is 0 Å². The fourth-order valence-corrected chi connectivity index (χ4v) is 2.40. The molecular weight excluding hydrogens is 232 g/mol. The van der Waals surface area contributed by atoms with Crippen LogP contribution in [0.1, 0.15) is 32.6 Å². The summed E-state index contributed by atoms with van der Waals surface area (Å²) in [5.74, 6) is -0.743. The molecule has 1 aliphatic heterocycles. The molecule has 1 saturated carbocycles. The lowest BCUT2D eigenvalue weighted by molar-refractivity contribution is -0.140. The second kappa shape index (κ2) is 6.50. The maximum atomic E-state index is 11.2. The molecule has 2 aliphatic rings. The van der Waals surface area contributed by atoms with Gasteiger partial charge in [-0.25, -0.2) is 0 Å². The maximum Gasteiger partial charge on any atom is 0.322 e. The second-order valence-corrected chi connectivity index (χ2v) is 5.32. The molecule has 5 nitrogen and oxygen atoms in total. The summed E-state index contributed by atoms with van der Waals surface area (Å²) in [6.07, 6.45) is 4.75. The quantitative estimate of drug-likeness (QED) is 0.669. The molecule has 0 aromatic heterocycles. The fourth-order valence-electron chi connectivity index (χ4n) is 2.40. The Labute approximate surface area is 108 Å². The van der Waals surface area contributed by atoms with Crippen LogP contribution in [0, 0.1) is 0 Å². The summed E-state index contributed by atoms with van der Waals surface area (Å²) in [6.45, 7) is 5.22. The van der Waals surface area contributed by atoms with Crippen LogP contribution in [0.4, 0.5) is 0 Å².